The molecule has 0 aliphatic carbocycles. The Morgan fingerprint density at radius 1 is 1.39 bits per heavy atom. The van der Waals surface area contributed by atoms with Gasteiger partial charge < -0.3 is 20.1 Å². The van der Waals surface area contributed by atoms with E-state index in [0.717, 1.165) is 0 Å². The van der Waals surface area contributed by atoms with E-state index >= 15 is 0 Å². The van der Waals surface area contributed by atoms with Gasteiger partial charge in [0.15, 0.2) is 0 Å². The summed E-state index contributed by atoms with van der Waals surface area (Å²) in [6.07, 6.45) is -0.380. The number of nitrogens with zero attached hydrogens (tertiary/aromatic N) is 1. The van der Waals surface area contributed by atoms with E-state index in [9.17, 15) is 9.59 Å². The van der Waals surface area contributed by atoms with Crippen molar-refractivity contribution in [1.29, 1.82) is 0 Å². The molecule has 0 rings (SSSR count). The molecule has 1 unspecified atom stereocenters. The van der Waals surface area contributed by atoms with E-state index in [4.69, 9.17) is 9.84 Å². The van der Waals surface area contributed by atoms with Gasteiger partial charge in [0.2, 0.25) is 0 Å². The first-order valence-electron chi connectivity index (χ1n) is 6.11. The molecule has 0 aromatic rings. The van der Waals surface area contributed by atoms with Gasteiger partial charge in [-0.3, -0.25) is 4.79 Å². The average Bonchev–Trinajstić information content (AvgIpc) is 2.21. The third kappa shape index (κ3) is 7.11. The number of hydrogen-bond acceptors (Lipinski definition) is 4. The lowest BCUT2D eigenvalue weighted by molar-refractivity contribution is -0.138. The minimum Gasteiger partial charge on any atom is -0.480 e. The van der Waals surface area contributed by atoms with Crippen molar-refractivity contribution in [2.45, 2.75) is 46.3 Å². The number of likely N-dealkylation sites (N-methyl/N-ethyl adjacent to an activating group) is 1. The number of ether oxygens (including phenoxy) is 1. The summed E-state index contributed by atoms with van der Waals surface area (Å²) in [4.78, 5) is 23.9. The maximum atomic E-state index is 11.8. The molecule has 106 valence electrons. The van der Waals surface area contributed by atoms with Crippen LogP contribution in [0.2, 0.25) is 0 Å². The molecule has 0 bridgehead atoms. The molecule has 0 fully saturated rings. The first-order chi connectivity index (χ1) is 8.17. The summed E-state index contributed by atoms with van der Waals surface area (Å²) in [5, 5.41) is 11.5. The first-order valence-corrected chi connectivity index (χ1v) is 6.11. The van der Waals surface area contributed by atoms with Crippen LogP contribution >= 0.6 is 0 Å². The van der Waals surface area contributed by atoms with Gasteiger partial charge in [-0.1, -0.05) is 0 Å². The highest BCUT2D eigenvalue weighted by molar-refractivity contribution is 5.72. The number of carboxylic acids is 1. The first kappa shape index (κ1) is 16.7. The van der Waals surface area contributed by atoms with E-state index in [1.807, 2.05) is 27.7 Å². The quantitative estimate of drug-likeness (QED) is 0.752. The summed E-state index contributed by atoms with van der Waals surface area (Å²) in [5.74, 6) is -0.907. The van der Waals surface area contributed by atoms with Crippen LogP contribution in [0.4, 0.5) is 4.79 Å². The van der Waals surface area contributed by atoms with Crippen LogP contribution in [0.5, 0.6) is 0 Å². The number of nitrogens with one attached hydrogen (secondary N) is 1. The number of rotatable bonds is 6. The van der Waals surface area contributed by atoms with Crippen LogP contribution < -0.4 is 5.32 Å². The summed E-state index contributed by atoms with van der Waals surface area (Å²) in [7, 11) is 0. The van der Waals surface area contributed by atoms with Crippen molar-refractivity contribution in [3.63, 3.8) is 0 Å². The highest BCUT2D eigenvalue weighted by Gasteiger charge is 2.21. The predicted octanol–water partition coefficient (Wildman–Crippen LogP) is 1.31. The molecule has 0 aromatic heterocycles. The maximum Gasteiger partial charge on any atom is 0.410 e. The van der Waals surface area contributed by atoms with E-state index in [0.29, 0.717) is 19.6 Å². The molecular formula is C12H24N2O4. The van der Waals surface area contributed by atoms with Gasteiger partial charge in [0.1, 0.15) is 11.6 Å². The van der Waals surface area contributed by atoms with Crippen molar-refractivity contribution in [2.24, 2.45) is 0 Å². The Balaban J connectivity index is 4.12. The predicted molar refractivity (Wildman–Crippen MR) is 68.6 cm³/mol. The number of aliphatic carboxylic acids is 1. The molecule has 0 saturated carbocycles. The highest BCUT2D eigenvalue weighted by atomic mass is 16.6. The lowest BCUT2D eigenvalue weighted by atomic mass is 10.2. The Morgan fingerprint density at radius 3 is 2.33 bits per heavy atom. The number of carbonyl (C=O) groups is 2. The molecule has 1 amide bonds. The van der Waals surface area contributed by atoms with Gasteiger partial charge in [0, 0.05) is 19.6 Å². The van der Waals surface area contributed by atoms with Crippen LogP contribution in [-0.4, -0.2) is 53.3 Å². The Hall–Kier alpha value is -1.30. The van der Waals surface area contributed by atoms with Crippen molar-refractivity contribution in [2.75, 3.05) is 19.6 Å². The second kappa shape index (κ2) is 7.20. The molecule has 0 heterocycles. The van der Waals surface area contributed by atoms with Crippen molar-refractivity contribution in [3.8, 4) is 0 Å². The molecule has 0 aliphatic rings. The van der Waals surface area contributed by atoms with Gasteiger partial charge >= 0.3 is 12.1 Å². The van der Waals surface area contributed by atoms with Crippen LogP contribution in [0.1, 0.15) is 34.6 Å². The van der Waals surface area contributed by atoms with Crippen LogP contribution in [0.15, 0.2) is 0 Å². The standard InChI is InChI=1S/C12H24N2O4/c1-6-14(11(17)18-12(3,4)5)8-7-13-9(2)10(15)16/h9,13H,6-8H2,1-5H3,(H,15,16). The zero-order chi connectivity index (χ0) is 14.3. The minimum atomic E-state index is -0.907. The van der Waals surface area contributed by atoms with Crippen LogP contribution in [0, 0.1) is 0 Å². The van der Waals surface area contributed by atoms with Gasteiger partial charge in [-0.25, -0.2) is 4.79 Å². The zero-order valence-corrected chi connectivity index (χ0v) is 11.8. The summed E-state index contributed by atoms with van der Waals surface area (Å²) >= 11 is 0. The zero-order valence-electron chi connectivity index (χ0n) is 11.8. The number of carbonyl (C=O) groups excluding carboxylic acids is 1. The monoisotopic (exact) mass is 260 g/mol. The van der Waals surface area contributed by atoms with Crippen LogP contribution in [0.3, 0.4) is 0 Å². The fourth-order valence-corrected chi connectivity index (χ4v) is 1.21. The molecule has 0 saturated heterocycles. The Bertz CT molecular complexity index is 286. The van der Waals surface area contributed by atoms with E-state index in [1.165, 1.54) is 4.90 Å². The number of carboxylic acid groups (broad SMARTS) is 1. The molecule has 0 aliphatic heterocycles. The molecule has 0 aromatic carbocycles. The third-order valence-corrected chi connectivity index (χ3v) is 2.24. The van der Waals surface area contributed by atoms with Gasteiger partial charge in [0.05, 0.1) is 0 Å². The van der Waals surface area contributed by atoms with Gasteiger partial charge in [-0.15, -0.1) is 0 Å². The van der Waals surface area contributed by atoms with E-state index in [2.05, 4.69) is 5.32 Å². The van der Waals surface area contributed by atoms with Gasteiger partial charge in [0.25, 0.3) is 0 Å². The lowest BCUT2D eigenvalue weighted by Gasteiger charge is -2.26. The Labute approximate surface area is 108 Å². The summed E-state index contributed by atoms with van der Waals surface area (Å²) < 4.78 is 5.24. The second-order valence-electron chi connectivity index (χ2n) is 5.07. The molecule has 2 N–H and O–H groups in total. The fourth-order valence-electron chi connectivity index (χ4n) is 1.21. The molecule has 6 heteroatoms. The van der Waals surface area contributed by atoms with Crippen LogP contribution in [0.25, 0.3) is 0 Å². The van der Waals surface area contributed by atoms with Crippen molar-refractivity contribution in [1.82, 2.24) is 10.2 Å². The van der Waals surface area contributed by atoms with E-state index in [-0.39, 0.29) is 6.09 Å². The maximum absolute atomic E-state index is 11.8. The summed E-state index contributed by atoms with van der Waals surface area (Å²) in [6, 6.07) is -0.623. The van der Waals surface area contributed by atoms with Gasteiger partial charge in [-0.2, -0.15) is 0 Å². The van der Waals surface area contributed by atoms with Crippen molar-refractivity contribution in [3.05, 3.63) is 0 Å². The normalized spacial score (nSPS) is 12.9. The molecule has 0 radical (unpaired) electrons. The average molecular weight is 260 g/mol. The molecular weight excluding hydrogens is 236 g/mol. The second-order valence-corrected chi connectivity index (χ2v) is 5.07. The highest BCUT2D eigenvalue weighted by Crippen LogP contribution is 2.09. The van der Waals surface area contributed by atoms with E-state index < -0.39 is 17.6 Å². The van der Waals surface area contributed by atoms with Crippen molar-refractivity contribution >= 4 is 12.1 Å². The molecule has 0 spiro atoms. The topological polar surface area (TPSA) is 78.9 Å². The van der Waals surface area contributed by atoms with Gasteiger partial charge in [-0.05, 0) is 34.6 Å². The minimum absolute atomic E-state index is 0.380. The lowest BCUT2D eigenvalue weighted by Crippen LogP contribution is -2.43. The fraction of sp³-hybridized carbons (Fsp3) is 0.833. The third-order valence-electron chi connectivity index (χ3n) is 2.24. The summed E-state index contributed by atoms with van der Waals surface area (Å²) in [5.41, 5.74) is -0.522. The van der Waals surface area contributed by atoms with Crippen molar-refractivity contribution < 1.29 is 19.4 Å². The van der Waals surface area contributed by atoms with Crippen LogP contribution in [-0.2, 0) is 9.53 Å². The molecule has 6 nitrogen and oxygen atoms in total. The number of hydrogen-bond donors (Lipinski definition) is 2. The largest absolute Gasteiger partial charge is 0.480 e. The smallest absolute Gasteiger partial charge is 0.410 e. The SMILES string of the molecule is CCN(CCNC(C)C(=O)O)C(=O)OC(C)(C)C. The Kier molecular flexibility index (Phi) is 6.68. The Morgan fingerprint density at radius 2 is 1.94 bits per heavy atom. The summed E-state index contributed by atoms with van der Waals surface area (Å²) in [6.45, 7) is 10.2. The number of amides is 1. The molecule has 1 atom stereocenters. The van der Waals surface area contributed by atoms with E-state index in [1.54, 1.807) is 6.92 Å². The molecule has 18 heavy (non-hydrogen) atoms.